The van der Waals surface area contributed by atoms with E-state index in [0.29, 0.717) is 0 Å². The van der Waals surface area contributed by atoms with Crippen LogP contribution in [-0.4, -0.2) is 47.9 Å². The van der Waals surface area contributed by atoms with Crippen molar-refractivity contribution < 1.29 is 29.6 Å². The van der Waals surface area contributed by atoms with Crippen LogP contribution in [-0.2, 0) is 14.3 Å². The highest BCUT2D eigenvalue weighted by molar-refractivity contribution is 5.37. The van der Waals surface area contributed by atoms with E-state index in [1.54, 1.807) is 0 Å². The Morgan fingerprint density at radius 3 is 2.75 bits per heavy atom. The van der Waals surface area contributed by atoms with Gasteiger partial charge in [-0.3, -0.25) is 4.79 Å². The third-order valence-electron chi connectivity index (χ3n) is 1.69. The number of rotatable bonds is 3. The van der Waals surface area contributed by atoms with Gasteiger partial charge in [-0.2, -0.15) is 0 Å². The van der Waals surface area contributed by atoms with Gasteiger partial charge >= 0.3 is 0 Å². The van der Waals surface area contributed by atoms with Crippen LogP contribution < -0.4 is 5.11 Å². The van der Waals surface area contributed by atoms with E-state index >= 15 is 0 Å². The summed E-state index contributed by atoms with van der Waals surface area (Å²) < 4.78 is 8.83. The topological polar surface area (TPSA) is 99.1 Å². The average Bonchev–Trinajstić information content (AvgIpc) is 2.32. The molecule has 0 spiro atoms. The van der Waals surface area contributed by atoms with Crippen LogP contribution in [0.1, 0.15) is 0 Å². The molecule has 1 heterocycles. The molecule has 0 aromatic heterocycles. The van der Waals surface area contributed by atoms with Gasteiger partial charge in [0.2, 0.25) is 0 Å². The monoisotopic (exact) mass is 177 g/mol. The van der Waals surface area contributed by atoms with Crippen molar-refractivity contribution in [3.8, 4) is 0 Å². The first kappa shape index (κ1) is 9.40. The molecule has 1 saturated heterocycles. The van der Waals surface area contributed by atoms with Gasteiger partial charge in [0.25, 0.3) is 6.47 Å². The predicted molar refractivity (Wildman–Crippen MR) is 32.7 cm³/mol. The first-order chi connectivity index (χ1) is 5.70. The molecule has 12 heavy (non-hydrogen) atoms. The minimum absolute atomic E-state index is 0.0713. The lowest BCUT2D eigenvalue weighted by molar-refractivity contribution is -0.498. The van der Waals surface area contributed by atoms with Crippen molar-refractivity contribution in [3.05, 3.63) is 0 Å². The van der Waals surface area contributed by atoms with E-state index < -0.39 is 31.2 Å². The zero-order valence-electron chi connectivity index (χ0n) is 6.12. The molecule has 70 valence electrons. The van der Waals surface area contributed by atoms with Gasteiger partial charge in [-0.05, 0) is 0 Å². The van der Waals surface area contributed by atoms with Crippen LogP contribution >= 0.6 is 0 Å². The Balaban J connectivity index is 2.56. The first-order valence-corrected chi connectivity index (χ1v) is 3.40. The molecule has 2 N–H and O–H groups in total. The third kappa shape index (κ3) is 1.56. The van der Waals surface area contributed by atoms with Gasteiger partial charge in [-0.1, -0.05) is 0 Å². The lowest BCUT2D eigenvalue weighted by Crippen LogP contribution is -2.41. The number of aliphatic hydroxyl groups excluding tert-OH is 2. The van der Waals surface area contributed by atoms with Crippen LogP contribution in [0.15, 0.2) is 0 Å². The van der Waals surface area contributed by atoms with Gasteiger partial charge in [-0.25, -0.2) is 0 Å². The average molecular weight is 177 g/mol. The van der Waals surface area contributed by atoms with Gasteiger partial charge in [0, 0.05) is 6.29 Å². The Morgan fingerprint density at radius 1 is 1.67 bits per heavy atom. The fourth-order valence-corrected chi connectivity index (χ4v) is 1.06. The molecule has 0 aromatic rings. The summed E-state index contributed by atoms with van der Waals surface area (Å²) in [5.41, 5.74) is 0. The van der Waals surface area contributed by atoms with Crippen molar-refractivity contribution in [1.82, 2.24) is 0 Å². The van der Waals surface area contributed by atoms with Crippen molar-refractivity contribution >= 4 is 6.47 Å². The minimum atomic E-state index is -1.62. The standard InChI is InChI=1S/C6H9O6/c7-1-3-4(9)5(11-2-8)6(10)12-3/h2-7,9H,1H2/q-1. The molecule has 4 atom stereocenters. The second-order valence-corrected chi connectivity index (χ2v) is 2.41. The third-order valence-corrected chi connectivity index (χ3v) is 1.69. The maximum atomic E-state index is 10.9. The second kappa shape index (κ2) is 3.81. The van der Waals surface area contributed by atoms with E-state index in [4.69, 9.17) is 5.11 Å². The molecule has 4 unspecified atom stereocenters. The minimum Gasteiger partial charge on any atom is -0.828 e. The molecule has 1 aliphatic heterocycles. The van der Waals surface area contributed by atoms with E-state index in [2.05, 4.69) is 9.47 Å². The highest BCUT2D eigenvalue weighted by atomic mass is 16.7. The first-order valence-electron chi connectivity index (χ1n) is 3.40. The molecule has 0 bridgehead atoms. The fraction of sp³-hybridized carbons (Fsp3) is 0.833. The van der Waals surface area contributed by atoms with Gasteiger partial charge < -0.3 is 24.8 Å². The molecule has 0 radical (unpaired) electrons. The van der Waals surface area contributed by atoms with Gasteiger partial charge in [-0.15, -0.1) is 0 Å². The van der Waals surface area contributed by atoms with Crippen molar-refractivity contribution in [1.29, 1.82) is 0 Å². The Kier molecular flexibility index (Phi) is 2.99. The highest BCUT2D eigenvalue weighted by Crippen LogP contribution is 2.19. The maximum Gasteiger partial charge on any atom is 0.293 e. The van der Waals surface area contributed by atoms with E-state index in [1.807, 2.05) is 0 Å². The SMILES string of the molecule is O=COC1C([O-])OC(CO)C1O. The van der Waals surface area contributed by atoms with E-state index in [9.17, 15) is 15.0 Å². The molecule has 0 aliphatic carbocycles. The number of aliphatic hydroxyl groups is 2. The van der Waals surface area contributed by atoms with Crippen LogP contribution in [0.25, 0.3) is 0 Å². The Hall–Kier alpha value is -0.690. The van der Waals surface area contributed by atoms with Crippen LogP contribution in [0.2, 0.25) is 0 Å². The zero-order valence-corrected chi connectivity index (χ0v) is 6.12. The number of carbonyl (C=O) groups is 1. The Morgan fingerprint density at radius 2 is 2.33 bits per heavy atom. The van der Waals surface area contributed by atoms with Crippen molar-refractivity contribution in [2.45, 2.75) is 24.6 Å². The number of ether oxygens (including phenoxy) is 2. The molecule has 0 saturated carbocycles. The summed E-state index contributed by atoms with van der Waals surface area (Å²) >= 11 is 0. The molecule has 0 amide bonds. The number of hydrogen-bond acceptors (Lipinski definition) is 6. The van der Waals surface area contributed by atoms with E-state index in [-0.39, 0.29) is 6.47 Å². The van der Waals surface area contributed by atoms with Crippen molar-refractivity contribution in [2.75, 3.05) is 6.61 Å². The smallest absolute Gasteiger partial charge is 0.293 e. The van der Waals surface area contributed by atoms with Crippen molar-refractivity contribution in [3.63, 3.8) is 0 Å². The van der Waals surface area contributed by atoms with Crippen LogP contribution in [0, 0.1) is 0 Å². The Bertz CT molecular complexity index is 160. The molecule has 0 aromatic carbocycles. The lowest BCUT2D eigenvalue weighted by atomic mass is 10.1. The summed E-state index contributed by atoms with van der Waals surface area (Å²) in [7, 11) is 0. The predicted octanol–water partition coefficient (Wildman–Crippen LogP) is -3.03. The normalized spacial score (nSPS) is 41.2. The Labute approximate surface area is 68.3 Å². The molecular formula is C6H9O6-. The van der Waals surface area contributed by atoms with Gasteiger partial charge in [0.1, 0.15) is 18.3 Å². The summed E-state index contributed by atoms with van der Waals surface area (Å²) in [4.78, 5) is 9.86. The second-order valence-electron chi connectivity index (χ2n) is 2.41. The summed E-state index contributed by atoms with van der Waals surface area (Å²) in [5, 5.41) is 28.6. The van der Waals surface area contributed by atoms with Crippen LogP contribution in [0.4, 0.5) is 0 Å². The highest BCUT2D eigenvalue weighted by Gasteiger charge is 2.39. The molecular weight excluding hydrogens is 168 g/mol. The van der Waals surface area contributed by atoms with E-state index in [1.165, 1.54) is 0 Å². The van der Waals surface area contributed by atoms with Crippen LogP contribution in [0.3, 0.4) is 0 Å². The molecule has 6 heteroatoms. The molecule has 1 rings (SSSR count). The van der Waals surface area contributed by atoms with Crippen LogP contribution in [0.5, 0.6) is 0 Å². The molecule has 1 aliphatic rings. The van der Waals surface area contributed by atoms with Crippen molar-refractivity contribution in [2.24, 2.45) is 0 Å². The summed E-state index contributed by atoms with van der Waals surface area (Å²) in [5.74, 6) is 0. The zero-order chi connectivity index (χ0) is 9.14. The molecule has 6 nitrogen and oxygen atoms in total. The summed E-state index contributed by atoms with van der Waals surface area (Å²) in [6.45, 7) is -0.402. The summed E-state index contributed by atoms with van der Waals surface area (Å²) in [6.07, 6.45) is -5.05. The number of carbonyl (C=O) groups excluding carboxylic acids is 1. The van der Waals surface area contributed by atoms with Gasteiger partial charge in [0.05, 0.1) is 6.61 Å². The lowest BCUT2D eigenvalue weighted by Gasteiger charge is -2.21. The quantitative estimate of drug-likeness (QED) is 0.445. The fourth-order valence-electron chi connectivity index (χ4n) is 1.06. The van der Waals surface area contributed by atoms with Gasteiger partial charge in [0.15, 0.2) is 0 Å². The maximum absolute atomic E-state index is 10.9. The van der Waals surface area contributed by atoms with E-state index in [0.717, 1.165) is 0 Å². The summed E-state index contributed by atoms with van der Waals surface area (Å²) in [6, 6.07) is 0. The largest absolute Gasteiger partial charge is 0.828 e. The molecule has 1 fully saturated rings. The number of hydrogen-bond donors (Lipinski definition) is 2.